The Kier molecular flexibility index (Phi) is 6.49. The summed E-state index contributed by atoms with van der Waals surface area (Å²) in [5.41, 5.74) is 3.53. The molecule has 1 aromatic carbocycles. The van der Waals surface area contributed by atoms with Crippen LogP contribution in [0.1, 0.15) is 11.1 Å². The fraction of sp³-hybridized carbons (Fsp3) is 0.200. The standard InChI is InChI=1S/C20H20ClN5OS/c1-4-9-26-19(15-5-7-22-8-6-15)24-25-20(26)28-12-17(27)23-18-14(3)10-13(2)11-16(18)21/h4-8,10-11H,1,9,12H2,2-3H3,(H,23,27). The Labute approximate surface area is 173 Å². The number of halogens is 1. The Hall–Kier alpha value is -2.64. The second kappa shape index (κ2) is 9.03. The molecule has 0 atom stereocenters. The molecule has 3 rings (SSSR count). The van der Waals surface area contributed by atoms with Crippen LogP contribution in [-0.2, 0) is 11.3 Å². The Morgan fingerprint density at radius 1 is 1.29 bits per heavy atom. The maximum absolute atomic E-state index is 12.4. The maximum atomic E-state index is 12.4. The first-order chi connectivity index (χ1) is 13.5. The number of nitrogens with one attached hydrogen (secondary N) is 1. The van der Waals surface area contributed by atoms with Crippen molar-refractivity contribution in [2.24, 2.45) is 0 Å². The topological polar surface area (TPSA) is 72.7 Å². The van der Waals surface area contributed by atoms with Crippen molar-refractivity contribution in [3.63, 3.8) is 0 Å². The molecule has 0 aliphatic rings. The van der Waals surface area contributed by atoms with Crippen LogP contribution in [-0.4, -0.2) is 31.4 Å². The minimum atomic E-state index is -0.155. The van der Waals surface area contributed by atoms with Crippen LogP contribution in [0.5, 0.6) is 0 Å². The lowest BCUT2D eigenvalue weighted by Gasteiger charge is -2.12. The molecule has 1 amide bonds. The fourth-order valence-corrected chi connectivity index (χ4v) is 3.90. The quantitative estimate of drug-likeness (QED) is 0.455. The molecular formula is C20H20ClN5OS. The van der Waals surface area contributed by atoms with Crippen molar-refractivity contribution >= 4 is 35.0 Å². The average molecular weight is 414 g/mol. The third-order valence-electron chi connectivity index (χ3n) is 4.00. The summed E-state index contributed by atoms with van der Waals surface area (Å²) in [6, 6.07) is 7.55. The first-order valence-corrected chi connectivity index (χ1v) is 10.00. The number of benzene rings is 1. The van der Waals surface area contributed by atoms with Gasteiger partial charge in [0, 0.05) is 24.5 Å². The van der Waals surface area contributed by atoms with Gasteiger partial charge in [0.15, 0.2) is 11.0 Å². The average Bonchev–Trinajstić information content (AvgIpc) is 3.07. The number of rotatable bonds is 7. The molecule has 1 N–H and O–H groups in total. The smallest absolute Gasteiger partial charge is 0.234 e. The van der Waals surface area contributed by atoms with Crippen molar-refractivity contribution in [1.29, 1.82) is 0 Å². The molecule has 0 radical (unpaired) electrons. The van der Waals surface area contributed by atoms with Gasteiger partial charge in [-0.05, 0) is 43.2 Å². The summed E-state index contributed by atoms with van der Waals surface area (Å²) < 4.78 is 1.92. The van der Waals surface area contributed by atoms with Gasteiger partial charge < -0.3 is 5.32 Å². The number of nitrogens with zero attached hydrogens (tertiary/aromatic N) is 4. The van der Waals surface area contributed by atoms with Crippen LogP contribution >= 0.6 is 23.4 Å². The second-order valence-corrected chi connectivity index (χ2v) is 7.57. The molecule has 0 saturated heterocycles. The van der Waals surface area contributed by atoms with E-state index in [1.807, 2.05) is 42.7 Å². The SMILES string of the molecule is C=CCn1c(SCC(=O)Nc2c(C)cc(C)cc2Cl)nnc1-c1ccncc1. The van der Waals surface area contributed by atoms with Crippen LogP contribution in [0, 0.1) is 13.8 Å². The van der Waals surface area contributed by atoms with Gasteiger partial charge in [0.25, 0.3) is 0 Å². The van der Waals surface area contributed by atoms with Crippen molar-refractivity contribution in [3.8, 4) is 11.4 Å². The lowest BCUT2D eigenvalue weighted by Crippen LogP contribution is -2.16. The second-order valence-electron chi connectivity index (χ2n) is 6.22. The van der Waals surface area contributed by atoms with Gasteiger partial charge in [-0.15, -0.1) is 16.8 Å². The fourth-order valence-electron chi connectivity index (χ4n) is 2.78. The third kappa shape index (κ3) is 4.61. The number of thioether (sulfide) groups is 1. The van der Waals surface area contributed by atoms with Crippen LogP contribution in [0.2, 0.25) is 5.02 Å². The highest BCUT2D eigenvalue weighted by Gasteiger charge is 2.16. The minimum absolute atomic E-state index is 0.155. The largest absolute Gasteiger partial charge is 0.324 e. The Morgan fingerprint density at radius 3 is 2.71 bits per heavy atom. The monoisotopic (exact) mass is 413 g/mol. The van der Waals surface area contributed by atoms with E-state index in [2.05, 4.69) is 27.1 Å². The van der Waals surface area contributed by atoms with E-state index in [4.69, 9.17) is 11.6 Å². The maximum Gasteiger partial charge on any atom is 0.234 e. The molecule has 144 valence electrons. The van der Waals surface area contributed by atoms with Gasteiger partial charge in [0.05, 0.1) is 16.5 Å². The Bertz CT molecular complexity index is 980. The van der Waals surface area contributed by atoms with Crippen molar-refractivity contribution in [3.05, 3.63) is 65.5 Å². The highest BCUT2D eigenvalue weighted by atomic mass is 35.5. The number of amides is 1. The number of pyridine rings is 1. The van der Waals surface area contributed by atoms with Gasteiger partial charge >= 0.3 is 0 Å². The highest BCUT2D eigenvalue weighted by Crippen LogP contribution is 2.28. The van der Waals surface area contributed by atoms with Crippen LogP contribution in [0.3, 0.4) is 0 Å². The van der Waals surface area contributed by atoms with Crippen molar-refractivity contribution < 1.29 is 4.79 Å². The molecule has 6 nitrogen and oxygen atoms in total. The molecule has 0 aliphatic carbocycles. The van der Waals surface area contributed by atoms with E-state index < -0.39 is 0 Å². The van der Waals surface area contributed by atoms with E-state index in [-0.39, 0.29) is 11.7 Å². The number of aryl methyl sites for hydroxylation is 2. The van der Waals surface area contributed by atoms with Gasteiger partial charge in [-0.2, -0.15) is 0 Å². The molecule has 28 heavy (non-hydrogen) atoms. The van der Waals surface area contributed by atoms with Gasteiger partial charge in [-0.1, -0.05) is 35.5 Å². The number of carbonyl (C=O) groups excluding carboxylic acids is 1. The summed E-state index contributed by atoms with van der Waals surface area (Å²) in [5, 5.41) is 12.6. The molecule has 3 aromatic rings. The van der Waals surface area contributed by atoms with E-state index in [1.54, 1.807) is 18.5 Å². The summed E-state index contributed by atoms with van der Waals surface area (Å²) >= 11 is 7.59. The zero-order chi connectivity index (χ0) is 20.1. The molecule has 8 heteroatoms. The van der Waals surface area contributed by atoms with Gasteiger partial charge in [-0.3, -0.25) is 14.3 Å². The number of hydrogen-bond donors (Lipinski definition) is 1. The van der Waals surface area contributed by atoms with Crippen molar-refractivity contribution in [1.82, 2.24) is 19.7 Å². The predicted molar refractivity (Wildman–Crippen MR) is 114 cm³/mol. The molecular weight excluding hydrogens is 394 g/mol. The summed E-state index contributed by atoms with van der Waals surface area (Å²) in [5.74, 6) is 0.745. The van der Waals surface area contributed by atoms with Gasteiger partial charge in [0.1, 0.15) is 0 Å². The first-order valence-electron chi connectivity index (χ1n) is 8.63. The van der Waals surface area contributed by atoms with E-state index in [9.17, 15) is 4.79 Å². The molecule has 0 fully saturated rings. The van der Waals surface area contributed by atoms with E-state index >= 15 is 0 Å². The first kappa shape index (κ1) is 20.1. The number of allylic oxidation sites excluding steroid dienone is 1. The normalized spacial score (nSPS) is 10.7. The predicted octanol–water partition coefficient (Wildman–Crippen LogP) is 4.53. The third-order valence-corrected chi connectivity index (χ3v) is 5.26. The van der Waals surface area contributed by atoms with Gasteiger partial charge in [-0.25, -0.2) is 0 Å². The molecule has 0 bridgehead atoms. The molecule has 0 saturated carbocycles. The Morgan fingerprint density at radius 2 is 2.04 bits per heavy atom. The number of aromatic nitrogens is 4. The lowest BCUT2D eigenvalue weighted by molar-refractivity contribution is -0.113. The zero-order valence-electron chi connectivity index (χ0n) is 15.6. The minimum Gasteiger partial charge on any atom is -0.324 e. The molecule has 2 heterocycles. The summed E-state index contributed by atoms with van der Waals surface area (Å²) in [4.78, 5) is 16.5. The molecule has 0 aliphatic heterocycles. The Balaban J connectivity index is 1.73. The molecule has 0 unspecified atom stereocenters. The summed E-state index contributed by atoms with van der Waals surface area (Å²) in [6.45, 7) is 8.22. The highest BCUT2D eigenvalue weighted by molar-refractivity contribution is 7.99. The van der Waals surface area contributed by atoms with Gasteiger partial charge in [0.2, 0.25) is 5.91 Å². The summed E-state index contributed by atoms with van der Waals surface area (Å²) in [6.07, 6.45) is 5.18. The summed E-state index contributed by atoms with van der Waals surface area (Å²) in [7, 11) is 0. The lowest BCUT2D eigenvalue weighted by atomic mass is 10.1. The van der Waals surface area contributed by atoms with Crippen LogP contribution < -0.4 is 5.32 Å². The van der Waals surface area contributed by atoms with E-state index in [0.29, 0.717) is 28.2 Å². The number of hydrogen-bond acceptors (Lipinski definition) is 5. The van der Waals surface area contributed by atoms with Crippen LogP contribution in [0.4, 0.5) is 5.69 Å². The molecule has 2 aromatic heterocycles. The number of anilines is 1. The zero-order valence-corrected chi connectivity index (χ0v) is 17.2. The van der Waals surface area contributed by atoms with Crippen molar-refractivity contribution in [2.45, 2.75) is 25.5 Å². The van der Waals surface area contributed by atoms with Crippen LogP contribution in [0.25, 0.3) is 11.4 Å². The van der Waals surface area contributed by atoms with Crippen LogP contribution in [0.15, 0.2) is 54.5 Å². The molecule has 0 spiro atoms. The van der Waals surface area contributed by atoms with E-state index in [0.717, 1.165) is 16.7 Å². The number of carbonyl (C=O) groups is 1. The van der Waals surface area contributed by atoms with E-state index in [1.165, 1.54) is 11.8 Å². The van der Waals surface area contributed by atoms with Crippen molar-refractivity contribution in [2.75, 3.05) is 11.1 Å².